The van der Waals surface area contributed by atoms with E-state index in [1.165, 1.54) is 36.4 Å². The van der Waals surface area contributed by atoms with Crippen LogP contribution in [-0.2, 0) is 9.84 Å². The summed E-state index contributed by atoms with van der Waals surface area (Å²) in [7, 11) is -3.30. The number of amides is 1. The first-order valence-electron chi connectivity index (χ1n) is 6.25. The molecule has 2 aromatic carbocycles. The molecular formula is C15H13BrFNO3S. The fourth-order valence-corrected chi connectivity index (χ4v) is 3.11. The lowest BCUT2D eigenvalue weighted by Gasteiger charge is -2.10. The number of anilines is 1. The topological polar surface area (TPSA) is 63.2 Å². The monoisotopic (exact) mass is 385 g/mol. The Balaban J connectivity index is 2.29. The summed E-state index contributed by atoms with van der Waals surface area (Å²) in [6.07, 6.45) is 1.12. The number of rotatable bonds is 3. The molecule has 0 saturated carbocycles. The zero-order valence-corrected chi connectivity index (χ0v) is 14.3. The van der Waals surface area contributed by atoms with E-state index in [1.807, 2.05) is 0 Å². The van der Waals surface area contributed by atoms with E-state index in [-0.39, 0.29) is 10.5 Å². The number of carbonyl (C=O) groups excluding carboxylic acids is 1. The Morgan fingerprint density at radius 3 is 2.41 bits per heavy atom. The molecule has 116 valence electrons. The molecule has 4 nitrogen and oxygen atoms in total. The lowest BCUT2D eigenvalue weighted by Crippen LogP contribution is -2.14. The van der Waals surface area contributed by atoms with Crippen molar-refractivity contribution in [3.05, 3.63) is 57.8 Å². The Labute approximate surface area is 136 Å². The van der Waals surface area contributed by atoms with Gasteiger partial charge in [-0.3, -0.25) is 4.79 Å². The Hall–Kier alpha value is -1.73. The highest BCUT2D eigenvalue weighted by atomic mass is 79.9. The van der Waals surface area contributed by atoms with Crippen LogP contribution in [0.25, 0.3) is 0 Å². The SMILES string of the molecule is Cc1cc(S(C)(=O)=O)ccc1NC(=O)c1ccc(F)cc1Br. The minimum Gasteiger partial charge on any atom is -0.322 e. The van der Waals surface area contributed by atoms with Crippen LogP contribution in [0.3, 0.4) is 0 Å². The molecule has 0 aliphatic rings. The second kappa shape index (κ2) is 6.18. The van der Waals surface area contributed by atoms with Crippen LogP contribution < -0.4 is 5.32 Å². The molecule has 0 aromatic heterocycles. The Morgan fingerprint density at radius 2 is 1.86 bits per heavy atom. The molecule has 0 bridgehead atoms. The van der Waals surface area contributed by atoms with E-state index >= 15 is 0 Å². The average Bonchev–Trinajstić information content (AvgIpc) is 2.39. The van der Waals surface area contributed by atoms with E-state index in [1.54, 1.807) is 6.92 Å². The van der Waals surface area contributed by atoms with Gasteiger partial charge in [0.25, 0.3) is 5.91 Å². The molecule has 2 rings (SSSR count). The van der Waals surface area contributed by atoms with Crippen LogP contribution >= 0.6 is 15.9 Å². The van der Waals surface area contributed by atoms with Crippen molar-refractivity contribution in [1.29, 1.82) is 0 Å². The van der Waals surface area contributed by atoms with Crippen molar-refractivity contribution in [2.24, 2.45) is 0 Å². The number of aryl methyl sites for hydroxylation is 1. The van der Waals surface area contributed by atoms with E-state index in [0.29, 0.717) is 15.7 Å². The molecule has 0 fully saturated rings. The van der Waals surface area contributed by atoms with Crippen molar-refractivity contribution in [3.8, 4) is 0 Å². The van der Waals surface area contributed by atoms with Crippen molar-refractivity contribution in [3.63, 3.8) is 0 Å². The molecule has 0 spiro atoms. The van der Waals surface area contributed by atoms with Crippen LogP contribution in [0, 0.1) is 12.7 Å². The number of nitrogens with one attached hydrogen (secondary N) is 1. The standard InChI is InChI=1S/C15H13BrFNO3S/c1-9-7-11(22(2,20)21)4-6-14(9)18-15(19)12-5-3-10(17)8-13(12)16/h3-8H,1-2H3,(H,18,19). The van der Waals surface area contributed by atoms with E-state index in [4.69, 9.17) is 0 Å². The van der Waals surface area contributed by atoms with Gasteiger partial charge in [0.05, 0.1) is 10.5 Å². The molecule has 0 saturated heterocycles. The van der Waals surface area contributed by atoms with Crippen LogP contribution in [-0.4, -0.2) is 20.6 Å². The zero-order valence-electron chi connectivity index (χ0n) is 11.9. The van der Waals surface area contributed by atoms with Crippen LogP contribution in [0.1, 0.15) is 15.9 Å². The molecule has 7 heteroatoms. The minimum absolute atomic E-state index is 0.186. The molecule has 0 atom stereocenters. The van der Waals surface area contributed by atoms with Crippen molar-refractivity contribution in [2.75, 3.05) is 11.6 Å². The molecule has 0 unspecified atom stereocenters. The van der Waals surface area contributed by atoms with Gasteiger partial charge in [0, 0.05) is 16.4 Å². The van der Waals surface area contributed by atoms with Gasteiger partial charge in [0.15, 0.2) is 9.84 Å². The Kier molecular flexibility index (Phi) is 4.67. The first kappa shape index (κ1) is 16.6. The van der Waals surface area contributed by atoms with Gasteiger partial charge < -0.3 is 5.32 Å². The van der Waals surface area contributed by atoms with Crippen molar-refractivity contribution >= 4 is 37.4 Å². The first-order valence-corrected chi connectivity index (χ1v) is 8.94. The summed E-state index contributed by atoms with van der Waals surface area (Å²) >= 11 is 3.14. The zero-order chi connectivity index (χ0) is 16.5. The largest absolute Gasteiger partial charge is 0.322 e. The highest BCUT2D eigenvalue weighted by molar-refractivity contribution is 9.10. The molecule has 1 amide bonds. The highest BCUT2D eigenvalue weighted by Gasteiger charge is 2.14. The molecule has 0 aliphatic heterocycles. The maximum absolute atomic E-state index is 13.0. The predicted octanol–water partition coefficient (Wildman–Crippen LogP) is 3.55. The van der Waals surface area contributed by atoms with Gasteiger partial charge >= 0.3 is 0 Å². The molecule has 22 heavy (non-hydrogen) atoms. The summed E-state index contributed by atoms with van der Waals surface area (Å²) < 4.78 is 36.4. The third-order valence-corrected chi connectivity index (χ3v) is 4.82. The molecule has 0 heterocycles. The summed E-state index contributed by atoms with van der Waals surface area (Å²) in [5, 5.41) is 2.68. The molecule has 0 radical (unpaired) electrons. The number of hydrogen-bond acceptors (Lipinski definition) is 3. The fourth-order valence-electron chi connectivity index (χ4n) is 1.87. The van der Waals surface area contributed by atoms with Crippen molar-refractivity contribution in [2.45, 2.75) is 11.8 Å². The average molecular weight is 386 g/mol. The van der Waals surface area contributed by atoms with Gasteiger partial charge in [-0.05, 0) is 64.8 Å². The summed E-state index contributed by atoms with van der Waals surface area (Å²) in [4.78, 5) is 12.4. The smallest absolute Gasteiger partial charge is 0.256 e. The van der Waals surface area contributed by atoms with E-state index < -0.39 is 21.6 Å². The lowest BCUT2D eigenvalue weighted by atomic mass is 10.1. The quantitative estimate of drug-likeness (QED) is 0.878. The lowest BCUT2D eigenvalue weighted by molar-refractivity contribution is 0.102. The maximum Gasteiger partial charge on any atom is 0.256 e. The van der Waals surface area contributed by atoms with Gasteiger partial charge in [-0.2, -0.15) is 0 Å². The van der Waals surface area contributed by atoms with Gasteiger partial charge in [0.2, 0.25) is 0 Å². The maximum atomic E-state index is 13.0. The minimum atomic E-state index is -3.30. The van der Waals surface area contributed by atoms with Crippen molar-refractivity contribution < 1.29 is 17.6 Å². The van der Waals surface area contributed by atoms with Crippen LogP contribution in [0.2, 0.25) is 0 Å². The van der Waals surface area contributed by atoms with Crippen molar-refractivity contribution in [1.82, 2.24) is 0 Å². The van der Waals surface area contributed by atoms with Crippen LogP contribution in [0.5, 0.6) is 0 Å². The Bertz CT molecular complexity index is 850. The number of carbonyl (C=O) groups is 1. The molecule has 1 N–H and O–H groups in total. The second-order valence-corrected chi connectivity index (χ2v) is 7.70. The summed E-state index contributed by atoms with van der Waals surface area (Å²) in [6.45, 7) is 1.70. The summed E-state index contributed by atoms with van der Waals surface area (Å²) in [5.74, 6) is -0.862. The summed E-state index contributed by atoms with van der Waals surface area (Å²) in [5.41, 5.74) is 1.40. The molecule has 2 aromatic rings. The van der Waals surface area contributed by atoms with Gasteiger partial charge in [-0.25, -0.2) is 12.8 Å². The van der Waals surface area contributed by atoms with Crippen LogP contribution in [0.4, 0.5) is 10.1 Å². The molecular weight excluding hydrogens is 373 g/mol. The fraction of sp³-hybridized carbons (Fsp3) is 0.133. The normalized spacial score (nSPS) is 11.3. The molecule has 0 aliphatic carbocycles. The predicted molar refractivity (Wildman–Crippen MR) is 86.3 cm³/mol. The van der Waals surface area contributed by atoms with Gasteiger partial charge in [0.1, 0.15) is 5.82 Å². The number of hydrogen-bond donors (Lipinski definition) is 1. The Morgan fingerprint density at radius 1 is 1.18 bits per heavy atom. The summed E-state index contributed by atoms with van der Waals surface area (Å²) in [6, 6.07) is 8.21. The van der Waals surface area contributed by atoms with E-state index in [0.717, 1.165) is 6.26 Å². The third kappa shape index (κ3) is 3.72. The van der Waals surface area contributed by atoms with Crippen LogP contribution in [0.15, 0.2) is 45.8 Å². The first-order chi connectivity index (χ1) is 10.2. The number of halogens is 2. The van der Waals surface area contributed by atoms with Gasteiger partial charge in [-0.15, -0.1) is 0 Å². The van der Waals surface area contributed by atoms with E-state index in [2.05, 4.69) is 21.2 Å². The van der Waals surface area contributed by atoms with Gasteiger partial charge in [-0.1, -0.05) is 0 Å². The third-order valence-electron chi connectivity index (χ3n) is 3.05. The second-order valence-electron chi connectivity index (χ2n) is 4.83. The van der Waals surface area contributed by atoms with E-state index in [9.17, 15) is 17.6 Å². The highest BCUT2D eigenvalue weighted by Crippen LogP contribution is 2.23. The number of sulfone groups is 1. The number of benzene rings is 2.